The molecule has 59 heavy (non-hydrogen) atoms. The molecule has 0 spiro atoms. The quantitative estimate of drug-likeness (QED) is 0.125. The number of piperazine rings is 2. The molecule has 0 radical (unpaired) electrons. The summed E-state index contributed by atoms with van der Waals surface area (Å²) in [6.07, 6.45) is 0. The fraction of sp³-hybridized carbons (Fsp3) is 0.300. The van der Waals surface area contributed by atoms with Crippen LogP contribution in [0.3, 0.4) is 0 Å². The number of ether oxygens (including phenoxy) is 1. The molecule has 8 rings (SSSR count). The summed E-state index contributed by atoms with van der Waals surface area (Å²) in [5.74, 6) is 1.86. The summed E-state index contributed by atoms with van der Waals surface area (Å²) >= 11 is 3.29. The number of halogens is 1. The fourth-order valence-corrected chi connectivity index (χ4v) is 6.69. The maximum Gasteiger partial charge on any atom is 0.262 e. The number of aliphatic hydroxyl groups is 3. The number of aliphatic hydroxyl groups excluding tert-OH is 3. The van der Waals surface area contributed by atoms with Crippen LogP contribution in [0, 0.1) is 0 Å². The Bertz CT molecular complexity index is 2620. The number of aromatic nitrogens is 6. The first-order valence-electron chi connectivity index (χ1n) is 18.5. The summed E-state index contributed by atoms with van der Waals surface area (Å²) < 4.78 is 5.87. The molecule has 2 aliphatic heterocycles. The normalized spacial score (nSPS) is 14.2. The Labute approximate surface area is 345 Å². The molecule has 6 aromatic rings. The number of aromatic amines is 2. The number of hydrogen-bond donors (Lipinski definition) is 6. The average Bonchev–Trinajstić information content (AvgIpc) is 3.25. The van der Waals surface area contributed by atoms with Crippen LogP contribution in [0.15, 0.2) is 74.9 Å². The third-order valence-electron chi connectivity index (χ3n) is 9.58. The molecule has 2 aromatic carbocycles. The van der Waals surface area contributed by atoms with Crippen LogP contribution in [0.2, 0.25) is 0 Å². The number of fused-ring (bicyclic) bond motifs is 2. The predicted octanol–water partition coefficient (Wildman–Crippen LogP) is 1.54. The number of nitrogens with zero attached hydrogens (tertiary/aromatic N) is 7. The minimum absolute atomic E-state index is 0.0220. The standard InChI is InChI=1S/C20H21N5O4.C15H12BrN3O3.C5H10N2O/c1-24-5-6-25(9-17(24)28)16-4-2-3-14(21-16)19-22-15-8-12(10-26)7-13(11-27)18(15)20(29)23-19;1-22-11-6-8(7-20)5-10-13(11)15(21)19-14(18-10)9-3-2-4-12(16)17-9;1-7-3-2-6-4-5(7)8/h2-4,7-8,26-27H,5-6,9-11H2,1H3,(H,22,23,29);2-6,20H,7H2,1H3,(H,18,19,21);6H,2-4H2,1H3. The summed E-state index contributed by atoms with van der Waals surface area (Å²) in [5.41, 5.74) is 2.71. The molecule has 2 amide bonds. The molecule has 0 saturated carbocycles. The van der Waals surface area contributed by atoms with Crippen LogP contribution in [0.1, 0.15) is 16.7 Å². The number of pyridine rings is 2. The fourth-order valence-electron chi connectivity index (χ4n) is 6.35. The number of hydrogen-bond acceptors (Lipinski definition) is 14. The second-order valence-electron chi connectivity index (χ2n) is 13.6. The van der Waals surface area contributed by atoms with Crippen molar-refractivity contribution in [3.8, 4) is 28.8 Å². The maximum absolute atomic E-state index is 12.7. The van der Waals surface area contributed by atoms with Crippen molar-refractivity contribution in [3.63, 3.8) is 0 Å². The first kappa shape index (κ1) is 42.5. The molecular weight excluding hydrogens is 828 g/mol. The lowest BCUT2D eigenvalue weighted by Crippen LogP contribution is -2.48. The van der Waals surface area contributed by atoms with Crippen molar-refractivity contribution >= 4 is 55.4 Å². The van der Waals surface area contributed by atoms with E-state index in [9.17, 15) is 34.5 Å². The number of likely N-dealkylation sites (N-methyl/N-ethyl adjacent to an activating group) is 2. The summed E-state index contributed by atoms with van der Waals surface area (Å²) in [4.78, 5) is 76.2. The van der Waals surface area contributed by atoms with Crippen LogP contribution >= 0.6 is 15.9 Å². The molecule has 2 aliphatic rings. The smallest absolute Gasteiger partial charge is 0.262 e. The van der Waals surface area contributed by atoms with Gasteiger partial charge >= 0.3 is 0 Å². The number of amides is 2. The second kappa shape index (κ2) is 19.1. The van der Waals surface area contributed by atoms with E-state index in [0.717, 1.165) is 13.1 Å². The van der Waals surface area contributed by atoms with Crippen molar-refractivity contribution in [2.45, 2.75) is 19.8 Å². The van der Waals surface area contributed by atoms with Crippen molar-refractivity contribution in [3.05, 3.63) is 103 Å². The molecule has 19 heteroatoms. The number of methoxy groups -OCH3 is 1. The number of H-pyrrole nitrogens is 2. The first-order chi connectivity index (χ1) is 28.4. The van der Waals surface area contributed by atoms with Gasteiger partial charge in [0.05, 0.1) is 56.4 Å². The Morgan fingerprint density at radius 2 is 1.32 bits per heavy atom. The number of benzene rings is 2. The molecular formula is C40H43BrN10O8. The van der Waals surface area contributed by atoms with Gasteiger partial charge in [0.15, 0.2) is 11.6 Å². The van der Waals surface area contributed by atoms with Gasteiger partial charge in [-0.3, -0.25) is 19.2 Å². The predicted molar refractivity (Wildman–Crippen MR) is 224 cm³/mol. The van der Waals surface area contributed by atoms with Crippen molar-refractivity contribution in [1.29, 1.82) is 0 Å². The minimum Gasteiger partial charge on any atom is -0.496 e. The SMILES string of the molecule is CN1CCN(c2cccc(-c3nc4cc(CO)cc(CO)c4c(=O)[nH]3)n2)CC1=O.CN1CCNCC1=O.COc1cc(CO)cc2nc(-c3cccc(Br)n3)[nH]c(=O)c12. The van der Waals surface area contributed by atoms with E-state index in [-0.39, 0.29) is 60.5 Å². The molecule has 4 aromatic heterocycles. The zero-order valence-electron chi connectivity index (χ0n) is 32.5. The van der Waals surface area contributed by atoms with Crippen molar-refractivity contribution in [1.82, 2.24) is 45.0 Å². The Kier molecular flexibility index (Phi) is 13.7. The van der Waals surface area contributed by atoms with Crippen molar-refractivity contribution < 1.29 is 29.6 Å². The Hall–Kier alpha value is -6.12. The average molecular weight is 872 g/mol. The van der Waals surface area contributed by atoms with Gasteiger partial charge in [-0.2, -0.15) is 0 Å². The summed E-state index contributed by atoms with van der Waals surface area (Å²) in [6.45, 7) is 3.10. The number of nitrogens with one attached hydrogen (secondary N) is 3. The molecule has 0 aliphatic carbocycles. The molecule has 0 bridgehead atoms. The number of rotatable bonds is 7. The molecule has 2 saturated heterocycles. The van der Waals surface area contributed by atoms with Crippen LogP contribution in [0.5, 0.6) is 5.75 Å². The van der Waals surface area contributed by atoms with Gasteiger partial charge in [0.2, 0.25) is 11.8 Å². The molecule has 308 valence electrons. The molecule has 6 heterocycles. The van der Waals surface area contributed by atoms with Crippen LogP contribution in [0.4, 0.5) is 5.82 Å². The van der Waals surface area contributed by atoms with E-state index in [1.54, 1.807) is 71.4 Å². The van der Waals surface area contributed by atoms with Crippen LogP contribution < -0.4 is 26.1 Å². The zero-order valence-corrected chi connectivity index (χ0v) is 34.1. The minimum atomic E-state index is -0.388. The monoisotopic (exact) mass is 870 g/mol. The molecule has 2 fully saturated rings. The third-order valence-corrected chi connectivity index (χ3v) is 10.0. The second-order valence-corrected chi connectivity index (χ2v) is 14.4. The Morgan fingerprint density at radius 3 is 1.90 bits per heavy atom. The highest BCUT2D eigenvalue weighted by Crippen LogP contribution is 2.26. The van der Waals surface area contributed by atoms with Crippen LogP contribution in [0.25, 0.3) is 44.8 Å². The zero-order chi connectivity index (χ0) is 42.2. The highest BCUT2D eigenvalue weighted by Gasteiger charge is 2.23. The van der Waals surface area contributed by atoms with E-state index in [0.29, 0.717) is 86.1 Å². The molecule has 6 N–H and O–H groups in total. The third kappa shape index (κ3) is 9.95. The Balaban J connectivity index is 0.000000171. The summed E-state index contributed by atoms with van der Waals surface area (Å²) in [5, 5.41) is 32.0. The van der Waals surface area contributed by atoms with E-state index in [1.165, 1.54) is 7.11 Å². The van der Waals surface area contributed by atoms with Crippen LogP contribution in [-0.2, 0) is 29.4 Å². The van der Waals surface area contributed by atoms with E-state index in [4.69, 9.17) is 4.74 Å². The number of carbonyl (C=O) groups excluding carboxylic acids is 2. The van der Waals surface area contributed by atoms with Crippen molar-refractivity contribution in [2.24, 2.45) is 0 Å². The van der Waals surface area contributed by atoms with E-state index in [2.05, 4.69) is 51.2 Å². The van der Waals surface area contributed by atoms with Gasteiger partial charge in [-0.15, -0.1) is 0 Å². The van der Waals surface area contributed by atoms with E-state index >= 15 is 0 Å². The molecule has 0 unspecified atom stereocenters. The lowest BCUT2D eigenvalue weighted by atomic mass is 10.1. The van der Waals surface area contributed by atoms with Gasteiger partial charge in [-0.1, -0.05) is 18.2 Å². The topological polar surface area (TPSA) is 243 Å². The summed E-state index contributed by atoms with van der Waals surface area (Å²) in [6, 6.07) is 17.2. The largest absolute Gasteiger partial charge is 0.496 e. The van der Waals surface area contributed by atoms with Gasteiger partial charge in [0, 0.05) is 40.3 Å². The van der Waals surface area contributed by atoms with Crippen molar-refractivity contribution in [2.75, 3.05) is 65.4 Å². The maximum atomic E-state index is 12.7. The number of anilines is 1. The highest BCUT2D eigenvalue weighted by atomic mass is 79.9. The van der Waals surface area contributed by atoms with Gasteiger partial charge in [-0.05, 0) is 75.1 Å². The van der Waals surface area contributed by atoms with Gasteiger partial charge < -0.3 is 50.0 Å². The van der Waals surface area contributed by atoms with Crippen LogP contribution in [-0.4, -0.2) is 127 Å². The highest BCUT2D eigenvalue weighted by molar-refractivity contribution is 9.10. The Morgan fingerprint density at radius 1 is 0.712 bits per heavy atom. The van der Waals surface area contributed by atoms with E-state index < -0.39 is 0 Å². The van der Waals surface area contributed by atoms with E-state index in [1.807, 2.05) is 18.0 Å². The first-order valence-corrected chi connectivity index (χ1v) is 19.3. The van der Waals surface area contributed by atoms with Gasteiger partial charge in [0.1, 0.15) is 32.9 Å². The molecule has 0 atom stereocenters. The molecule has 18 nitrogen and oxygen atoms in total. The van der Waals surface area contributed by atoms with Gasteiger partial charge in [-0.25, -0.2) is 19.9 Å². The number of carbonyl (C=O) groups is 2. The summed E-state index contributed by atoms with van der Waals surface area (Å²) in [7, 11) is 5.07. The van der Waals surface area contributed by atoms with Gasteiger partial charge in [0.25, 0.3) is 11.1 Å². The lowest BCUT2D eigenvalue weighted by Gasteiger charge is -2.32. The lowest BCUT2D eigenvalue weighted by molar-refractivity contribution is -0.130.